The lowest BCUT2D eigenvalue weighted by Crippen LogP contribution is -1.87. The van der Waals surface area contributed by atoms with Crippen LogP contribution in [0, 0.1) is 3.57 Å². The Labute approximate surface area is 134 Å². The molecule has 5 heteroatoms. The topological polar surface area (TPSA) is 52.0 Å². The minimum absolute atomic E-state index is 0.306. The number of rotatable bonds is 2. The molecule has 0 atom stereocenters. The lowest BCUT2D eigenvalue weighted by molar-refractivity contribution is 0.439. The van der Waals surface area contributed by atoms with Crippen LogP contribution in [0.5, 0.6) is 0 Å². The van der Waals surface area contributed by atoms with Crippen LogP contribution in [0.1, 0.15) is 0 Å². The Balaban J connectivity index is 2.14. The largest absolute Gasteiger partial charge is 0.367 e. The van der Waals surface area contributed by atoms with E-state index in [0.717, 1.165) is 26.0 Å². The van der Waals surface area contributed by atoms with Gasteiger partial charge in [0.1, 0.15) is 5.69 Å². The van der Waals surface area contributed by atoms with E-state index in [2.05, 4.69) is 27.7 Å². The van der Waals surface area contributed by atoms with Crippen molar-refractivity contribution in [1.29, 1.82) is 0 Å². The quantitative estimate of drug-likeness (QED) is 0.630. The van der Waals surface area contributed by atoms with E-state index in [9.17, 15) is 0 Å². The molecule has 3 aromatic rings. The molecule has 0 fully saturated rings. The Morgan fingerprint density at radius 1 is 0.950 bits per heavy atom. The fourth-order valence-electron chi connectivity index (χ4n) is 2.00. The third kappa shape index (κ3) is 2.53. The van der Waals surface area contributed by atoms with Crippen LogP contribution in [0.4, 0.5) is 5.88 Å². The molecule has 0 bridgehead atoms. The number of anilines is 1. The Bertz CT molecular complexity index is 736. The van der Waals surface area contributed by atoms with Gasteiger partial charge in [-0.15, -0.1) is 0 Å². The van der Waals surface area contributed by atoms with Crippen LogP contribution in [0.25, 0.3) is 22.4 Å². The van der Waals surface area contributed by atoms with E-state index in [0.29, 0.717) is 10.9 Å². The molecule has 0 saturated heterocycles. The van der Waals surface area contributed by atoms with Crippen LogP contribution < -0.4 is 5.73 Å². The summed E-state index contributed by atoms with van der Waals surface area (Å²) in [5.41, 5.74) is 9.35. The van der Waals surface area contributed by atoms with Crippen molar-refractivity contribution < 1.29 is 4.52 Å². The summed E-state index contributed by atoms with van der Waals surface area (Å²) in [5, 5.41) is 4.76. The normalized spacial score (nSPS) is 10.7. The number of hydrogen-bond donors (Lipinski definition) is 1. The molecule has 0 amide bonds. The molecule has 3 rings (SSSR count). The predicted molar refractivity (Wildman–Crippen MR) is 89.5 cm³/mol. The van der Waals surface area contributed by atoms with Gasteiger partial charge in [0, 0.05) is 14.2 Å². The van der Waals surface area contributed by atoms with Crippen molar-refractivity contribution in [2.24, 2.45) is 0 Å². The van der Waals surface area contributed by atoms with Crippen molar-refractivity contribution >= 4 is 40.1 Å². The second-order valence-corrected chi connectivity index (χ2v) is 5.97. The van der Waals surface area contributed by atoms with Crippen molar-refractivity contribution in [3.63, 3.8) is 0 Å². The van der Waals surface area contributed by atoms with Crippen molar-refractivity contribution in [3.8, 4) is 22.4 Å². The van der Waals surface area contributed by atoms with Gasteiger partial charge in [-0.05, 0) is 52.4 Å². The highest BCUT2D eigenvalue weighted by Gasteiger charge is 2.17. The molecule has 100 valence electrons. The standard InChI is InChI=1S/C15H10ClIN2O/c16-11-5-1-9(2-6-11)13-14(19-20-15(13)18)10-3-7-12(17)8-4-10/h1-8H,18H2. The molecular formula is C15H10ClIN2O. The maximum absolute atomic E-state index is 5.92. The molecule has 1 heterocycles. The molecule has 0 radical (unpaired) electrons. The highest BCUT2D eigenvalue weighted by Crippen LogP contribution is 2.36. The van der Waals surface area contributed by atoms with Gasteiger partial charge in [0.15, 0.2) is 0 Å². The Morgan fingerprint density at radius 3 is 2.20 bits per heavy atom. The molecule has 0 aliphatic carbocycles. The fraction of sp³-hybridized carbons (Fsp3) is 0. The van der Waals surface area contributed by atoms with Gasteiger partial charge in [0.05, 0.1) is 5.56 Å². The average Bonchev–Trinajstić information content (AvgIpc) is 2.83. The molecule has 0 unspecified atom stereocenters. The van der Waals surface area contributed by atoms with Crippen molar-refractivity contribution in [1.82, 2.24) is 5.16 Å². The number of aromatic nitrogens is 1. The maximum Gasteiger partial charge on any atom is 0.230 e. The molecular weight excluding hydrogens is 387 g/mol. The number of hydrogen-bond acceptors (Lipinski definition) is 3. The Morgan fingerprint density at radius 2 is 1.55 bits per heavy atom. The van der Waals surface area contributed by atoms with Crippen LogP contribution in [0.2, 0.25) is 5.02 Å². The summed E-state index contributed by atoms with van der Waals surface area (Å²) in [7, 11) is 0. The van der Waals surface area contributed by atoms with Crippen molar-refractivity contribution in [2.45, 2.75) is 0 Å². The molecule has 0 aliphatic heterocycles. The summed E-state index contributed by atoms with van der Waals surface area (Å²) in [6.07, 6.45) is 0. The zero-order valence-electron chi connectivity index (χ0n) is 10.3. The first-order chi connectivity index (χ1) is 9.65. The second-order valence-electron chi connectivity index (χ2n) is 4.28. The van der Waals surface area contributed by atoms with Gasteiger partial charge in [0.2, 0.25) is 5.88 Å². The minimum atomic E-state index is 0.306. The third-order valence-corrected chi connectivity index (χ3v) is 3.94. The summed E-state index contributed by atoms with van der Waals surface area (Å²) in [5.74, 6) is 0.306. The molecule has 1 aromatic heterocycles. The zero-order chi connectivity index (χ0) is 14.1. The summed E-state index contributed by atoms with van der Waals surface area (Å²) >= 11 is 8.18. The maximum atomic E-state index is 5.92. The van der Waals surface area contributed by atoms with E-state index in [4.69, 9.17) is 21.9 Å². The molecule has 2 N–H and O–H groups in total. The number of benzene rings is 2. The van der Waals surface area contributed by atoms with Crippen molar-refractivity contribution in [3.05, 3.63) is 57.1 Å². The summed E-state index contributed by atoms with van der Waals surface area (Å²) < 4.78 is 6.32. The lowest BCUT2D eigenvalue weighted by Gasteiger charge is -2.03. The van der Waals surface area contributed by atoms with Gasteiger partial charge in [-0.3, -0.25) is 0 Å². The number of nitrogens with zero attached hydrogens (tertiary/aromatic N) is 1. The smallest absolute Gasteiger partial charge is 0.230 e. The lowest BCUT2D eigenvalue weighted by atomic mass is 10.0. The molecule has 20 heavy (non-hydrogen) atoms. The molecule has 2 aromatic carbocycles. The van der Waals surface area contributed by atoms with Crippen molar-refractivity contribution in [2.75, 3.05) is 5.73 Å². The van der Waals surface area contributed by atoms with Crippen LogP contribution >= 0.6 is 34.2 Å². The Hall–Kier alpha value is -1.53. The number of nitrogens with two attached hydrogens (primary N) is 1. The first-order valence-corrected chi connectivity index (χ1v) is 7.38. The molecule has 0 saturated carbocycles. The van der Waals surface area contributed by atoms with Gasteiger partial charge in [-0.1, -0.05) is 41.0 Å². The van der Waals surface area contributed by atoms with Crippen LogP contribution in [0.3, 0.4) is 0 Å². The van der Waals surface area contributed by atoms with E-state index in [-0.39, 0.29) is 0 Å². The monoisotopic (exact) mass is 396 g/mol. The van der Waals surface area contributed by atoms with Gasteiger partial charge in [-0.2, -0.15) is 0 Å². The molecule has 0 spiro atoms. The van der Waals surface area contributed by atoms with E-state index in [1.807, 2.05) is 48.5 Å². The number of nitrogen functional groups attached to an aromatic ring is 1. The molecule has 0 aliphatic rings. The van der Waals surface area contributed by atoms with Gasteiger partial charge in [0.25, 0.3) is 0 Å². The zero-order valence-corrected chi connectivity index (χ0v) is 13.2. The van der Waals surface area contributed by atoms with E-state index < -0.39 is 0 Å². The predicted octanol–water partition coefficient (Wildman–Crippen LogP) is 4.85. The fourth-order valence-corrected chi connectivity index (χ4v) is 2.49. The van der Waals surface area contributed by atoms with Crippen LogP contribution in [-0.2, 0) is 0 Å². The van der Waals surface area contributed by atoms with E-state index in [1.165, 1.54) is 0 Å². The minimum Gasteiger partial charge on any atom is -0.367 e. The Kier molecular flexibility index (Phi) is 3.67. The summed E-state index contributed by atoms with van der Waals surface area (Å²) in [6, 6.07) is 15.5. The van der Waals surface area contributed by atoms with Gasteiger partial charge >= 0.3 is 0 Å². The van der Waals surface area contributed by atoms with E-state index in [1.54, 1.807) is 0 Å². The summed E-state index contributed by atoms with van der Waals surface area (Å²) in [6.45, 7) is 0. The number of halogens is 2. The van der Waals surface area contributed by atoms with Gasteiger partial charge in [-0.25, -0.2) is 0 Å². The average molecular weight is 397 g/mol. The van der Waals surface area contributed by atoms with Crippen LogP contribution in [-0.4, -0.2) is 5.16 Å². The first-order valence-electron chi connectivity index (χ1n) is 5.92. The highest BCUT2D eigenvalue weighted by atomic mass is 127. The summed E-state index contributed by atoms with van der Waals surface area (Å²) in [4.78, 5) is 0. The third-order valence-electron chi connectivity index (χ3n) is 2.97. The van der Waals surface area contributed by atoms with Crippen LogP contribution in [0.15, 0.2) is 53.1 Å². The molecule has 3 nitrogen and oxygen atoms in total. The van der Waals surface area contributed by atoms with Gasteiger partial charge < -0.3 is 10.3 Å². The van der Waals surface area contributed by atoms with E-state index >= 15 is 0 Å². The second kappa shape index (κ2) is 5.46. The SMILES string of the molecule is Nc1onc(-c2ccc(I)cc2)c1-c1ccc(Cl)cc1. The first kappa shape index (κ1) is 13.5. The highest BCUT2D eigenvalue weighted by molar-refractivity contribution is 14.1.